The number of aryl methyl sites for hydroxylation is 1. The predicted molar refractivity (Wildman–Crippen MR) is 154 cm³/mol. The molecule has 7 rings (SSSR count). The third-order valence-electron chi connectivity index (χ3n) is 8.28. The molecule has 1 saturated carbocycles. The number of hydrogen-bond acceptors (Lipinski definition) is 7. The number of ether oxygens (including phenoxy) is 1. The van der Waals surface area contributed by atoms with E-state index in [-0.39, 0.29) is 5.91 Å². The normalized spacial score (nSPS) is 18.1. The molecule has 0 bridgehead atoms. The van der Waals surface area contributed by atoms with Crippen molar-refractivity contribution in [3.05, 3.63) is 82.8 Å². The molecule has 4 aromatic rings. The van der Waals surface area contributed by atoms with E-state index in [1.54, 1.807) is 11.2 Å². The van der Waals surface area contributed by atoms with E-state index < -0.39 is 0 Å². The van der Waals surface area contributed by atoms with Crippen LogP contribution in [-0.4, -0.2) is 45.4 Å². The average molecular weight is 546 g/mol. The first-order valence-electron chi connectivity index (χ1n) is 14.2. The van der Waals surface area contributed by atoms with E-state index in [9.17, 15) is 10.1 Å². The van der Waals surface area contributed by atoms with Gasteiger partial charge in [0.25, 0.3) is 5.91 Å². The van der Waals surface area contributed by atoms with Gasteiger partial charge in [0.05, 0.1) is 24.8 Å². The highest BCUT2D eigenvalue weighted by molar-refractivity contribution is 6.10. The van der Waals surface area contributed by atoms with Crippen LogP contribution >= 0.6 is 0 Å². The maximum atomic E-state index is 13.8. The van der Waals surface area contributed by atoms with Gasteiger partial charge >= 0.3 is 0 Å². The van der Waals surface area contributed by atoms with E-state index in [1.807, 2.05) is 41.9 Å². The van der Waals surface area contributed by atoms with Crippen LogP contribution in [0.2, 0.25) is 0 Å². The summed E-state index contributed by atoms with van der Waals surface area (Å²) in [5, 5.41) is 21.5. The summed E-state index contributed by atoms with van der Waals surface area (Å²) in [5.41, 5.74) is 7.10. The van der Waals surface area contributed by atoms with Gasteiger partial charge in [0.1, 0.15) is 12.1 Å². The van der Waals surface area contributed by atoms with Gasteiger partial charge in [-0.05, 0) is 77.8 Å². The number of amides is 1. The number of nitriles is 1. The number of rotatable bonds is 8. The molecule has 0 radical (unpaired) electrons. The Balaban J connectivity index is 1.20. The summed E-state index contributed by atoms with van der Waals surface area (Å²) in [7, 11) is 1.89. The Labute approximate surface area is 238 Å². The molecule has 2 aliphatic heterocycles. The highest BCUT2D eigenvalue weighted by Crippen LogP contribution is 2.43. The number of carbonyl (C=O) groups is 1. The Morgan fingerprint density at radius 1 is 1.07 bits per heavy atom. The molecule has 41 heavy (non-hydrogen) atoms. The molecule has 9 heteroatoms. The molecule has 1 amide bonds. The molecule has 1 aliphatic carbocycles. The maximum Gasteiger partial charge on any atom is 0.260 e. The third-order valence-corrected chi connectivity index (χ3v) is 8.28. The van der Waals surface area contributed by atoms with E-state index >= 15 is 0 Å². The third kappa shape index (κ3) is 5.01. The fraction of sp³-hybridized carbons (Fsp3) is 0.344. The summed E-state index contributed by atoms with van der Waals surface area (Å²) in [6, 6.07) is 18.2. The molecule has 9 nitrogen and oxygen atoms in total. The zero-order chi connectivity index (χ0) is 27.9. The highest BCUT2D eigenvalue weighted by atomic mass is 16.5. The number of fused-ring (bicyclic) bond motifs is 1. The summed E-state index contributed by atoms with van der Waals surface area (Å²) < 4.78 is 7.32. The SMILES string of the molecule is Cn1cnnc1-c1cc(C#N)ccc1-c1cc(C2CC2)nc(N2Cc3ccc(CNC[C@H]4CCOC4)cc3C2=O)c1. The molecule has 3 aliphatic rings. The van der Waals surface area contributed by atoms with E-state index in [2.05, 4.69) is 39.8 Å². The van der Waals surface area contributed by atoms with Gasteiger partial charge in [-0.2, -0.15) is 5.26 Å². The molecule has 1 atom stereocenters. The Kier molecular flexibility index (Phi) is 6.57. The fourth-order valence-corrected chi connectivity index (χ4v) is 5.80. The minimum atomic E-state index is -0.0224. The molecular weight excluding hydrogens is 514 g/mol. The van der Waals surface area contributed by atoms with Crippen LogP contribution < -0.4 is 10.2 Å². The molecule has 206 valence electrons. The first-order chi connectivity index (χ1) is 20.1. The predicted octanol–water partition coefficient (Wildman–Crippen LogP) is 4.58. The van der Waals surface area contributed by atoms with Crippen LogP contribution in [0.5, 0.6) is 0 Å². The number of pyridine rings is 1. The average Bonchev–Trinajstić information content (AvgIpc) is 3.39. The number of nitrogens with one attached hydrogen (secondary N) is 1. The monoisotopic (exact) mass is 545 g/mol. The van der Waals surface area contributed by atoms with Gasteiger partial charge in [-0.25, -0.2) is 4.98 Å². The fourth-order valence-electron chi connectivity index (χ4n) is 5.80. The molecule has 0 unspecified atom stereocenters. The number of aromatic nitrogens is 4. The second-order valence-electron chi connectivity index (χ2n) is 11.3. The van der Waals surface area contributed by atoms with Crippen molar-refractivity contribution in [3.8, 4) is 28.6 Å². The van der Waals surface area contributed by atoms with Crippen LogP contribution in [0, 0.1) is 17.2 Å². The van der Waals surface area contributed by atoms with Crippen LogP contribution in [-0.2, 0) is 24.9 Å². The van der Waals surface area contributed by atoms with Crippen molar-refractivity contribution < 1.29 is 9.53 Å². The Morgan fingerprint density at radius 3 is 2.73 bits per heavy atom. The van der Waals surface area contributed by atoms with Gasteiger partial charge in [0.2, 0.25) is 0 Å². The standard InChI is InChI=1S/C32H31N7O2/c1-38-19-35-37-31(38)28-10-20(14-33)3-7-26(28)25-12-29(23-5-6-23)36-30(13-25)39-17-24-4-2-21(11-27(24)32(39)40)15-34-16-22-8-9-41-18-22/h2-4,7,10-13,19,22-23,34H,5-6,8-9,15-18H2,1H3/t22-/m1/s1. The van der Waals surface area contributed by atoms with Crippen molar-refractivity contribution in [1.29, 1.82) is 5.26 Å². The van der Waals surface area contributed by atoms with Crippen LogP contribution in [0.25, 0.3) is 22.5 Å². The van der Waals surface area contributed by atoms with Gasteiger partial charge in [0, 0.05) is 49.5 Å². The smallest absolute Gasteiger partial charge is 0.260 e. The van der Waals surface area contributed by atoms with E-state index in [0.717, 1.165) is 84.6 Å². The molecule has 2 aromatic carbocycles. The summed E-state index contributed by atoms with van der Waals surface area (Å²) >= 11 is 0. The summed E-state index contributed by atoms with van der Waals surface area (Å²) in [6.07, 6.45) is 4.94. The largest absolute Gasteiger partial charge is 0.381 e. The van der Waals surface area contributed by atoms with Gasteiger partial charge in [0.15, 0.2) is 5.82 Å². The van der Waals surface area contributed by atoms with Gasteiger partial charge < -0.3 is 14.6 Å². The first-order valence-corrected chi connectivity index (χ1v) is 14.2. The molecule has 2 fully saturated rings. The van der Waals surface area contributed by atoms with Crippen molar-refractivity contribution in [2.75, 3.05) is 24.7 Å². The zero-order valence-corrected chi connectivity index (χ0v) is 23.0. The van der Waals surface area contributed by atoms with Crippen molar-refractivity contribution in [2.45, 2.75) is 38.3 Å². The highest BCUT2D eigenvalue weighted by Gasteiger charge is 2.32. The Bertz CT molecular complexity index is 1680. The van der Waals surface area contributed by atoms with E-state index in [1.165, 1.54) is 0 Å². The molecule has 0 spiro atoms. The molecule has 1 N–H and O–H groups in total. The number of carbonyl (C=O) groups excluding carboxylic acids is 1. The molecule has 2 aromatic heterocycles. The minimum absolute atomic E-state index is 0.0224. The summed E-state index contributed by atoms with van der Waals surface area (Å²) in [4.78, 5) is 20.5. The molecule has 1 saturated heterocycles. The topological polar surface area (TPSA) is 109 Å². The number of nitrogens with zero attached hydrogens (tertiary/aromatic N) is 6. The van der Waals surface area contributed by atoms with Crippen molar-refractivity contribution in [1.82, 2.24) is 25.1 Å². The van der Waals surface area contributed by atoms with Crippen molar-refractivity contribution >= 4 is 11.7 Å². The zero-order valence-electron chi connectivity index (χ0n) is 23.0. The number of hydrogen-bond donors (Lipinski definition) is 1. The number of benzene rings is 2. The summed E-state index contributed by atoms with van der Waals surface area (Å²) in [5.74, 6) is 2.26. The maximum absolute atomic E-state index is 13.8. The summed E-state index contributed by atoms with van der Waals surface area (Å²) in [6.45, 7) is 3.80. The van der Waals surface area contributed by atoms with Crippen LogP contribution in [0.3, 0.4) is 0 Å². The lowest BCUT2D eigenvalue weighted by Gasteiger charge is -2.18. The van der Waals surface area contributed by atoms with E-state index in [4.69, 9.17) is 9.72 Å². The lowest BCUT2D eigenvalue weighted by Crippen LogP contribution is -2.24. The second kappa shape index (κ2) is 10.5. The second-order valence-corrected chi connectivity index (χ2v) is 11.3. The van der Waals surface area contributed by atoms with Crippen LogP contribution in [0.1, 0.15) is 57.9 Å². The Hall–Kier alpha value is -4.39. The van der Waals surface area contributed by atoms with Crippen LogP contribution in [0.4, 0.5) is 5.82 Å². The quantitative estimate of drug-likeness (QED) is 0.345. The van der Waals surface area contributed by atoms with Gasteiger partial charge in [-0.15, -0.1) is 10.2 Å². The minimum Gasteiger partial charge on any atom is -0.381 e. The lowest BCUT2D eigenvalue weighted by molar-refractivity contribution is 0.0996. The lowest BCUT2D eigenvalue weighted by atomic mass is 9.96. The van der Waals surface area contributed by atoms with Crippen LogP contribution in [0.15, 0.2) is 54.9 Å². The van der Waals surface area contributed by atoms with E-state index in [0.29, 0.717) is 35.6 Å². The number of anilines is 1. The van der Waals surface area contributed by atoms with Crippen molar-refractivity contribution in [2.24, 2.45) is 13.0 Å². The Morgan fingerprint density at radius 2 is 1.98 bits per heavy atom. The molecule has 4 heterocycles. The van der Waals surface area contributed by atoms with Crippen molar-refractivity contribution in [3.63, 3.8) is 0 Å². The molecular formula is C32H31N7O2. The van der Waals surface area contributed by atoms with Gasteiger partial charge in [-0.1, -0.05) is 18.2 Å². The van der Waals surface area contributed by atoms with Gasteiger partial charge in [-0.3, -0.25) is 9.69 Å². The first kappa shape index (κ1) is 25.6.